The number of aromatic carboxylic acids is 1. The summed E-state index contributed by atoms with van der Waals surface area (Å²) in [5.41, 5.74) is 1.17. The summed E-state index contributed by atoms with van der Waals surface area (Å²) in [5.74, 6) is -0.903. The first-order valence-electron chi connectivity index (χ1n) is 6.73. The number of carboxylic acids is 1. The van der Waals surface area contributed by atoms with E-state index in [-0.39, 0.29) is 17.4 Å². The fourth-order valence-corrected chi connectivity index (χ4v) is 2.35. The van der Waals surface area contributed by atoms with Gasteiger partial charge in [-0.3, -0.25) is 4.79 Å². The molecule has 2 rings (SSSR count). The Kier molecular flexibility index (Phi) is 4.74. The van der Waals surface area contributed by atoms with E-state index < -0.39 is 5.97 Å². The lowest BCUT2D eigenvalue weighted by atomic mass is 10.0. The van der Waals surface area contributed by atoms with Crippen molar-refractivity contribution in [3.8, 4) is 0 Å². The third-order valence-corrected chi connectivity index (χ3v) is 3.51. The molecule has 0 saturated carbocycles. The summed E-state index contributed by atoms with van der Waals surface area (Å²) in [6, 6.07) is 6.59. The summed E-state index contributed by atoms with van der Waals surface area (Å²) >= 11 is 0. The molecule has 1 heterocycles. The van der Waals surface area contributed by atoms with Gasteiger partial charge in [-0.2, -0.15) is 0 Å². The van der Waals surface area contributed by atoms with E-state index in [2.05, 4.69) is 0 Å². The molecule has 0 bridgehead atoms. The monoisotopic (exact) mass is 277 g/mol. The first kappa shape index (κ1) is 14.5. The van der Waals surface area contributed by atoms with Crippen molar-refractivity contribution in [1.82, 2.24) is 4.90 Å². The lowest BCUT2D eigenvalue weighted by molar-refractivity contribution is -0.138. The van der Waals surface area contributed by atoms with E-state index in [1.54, 1.807) is 36.2 Å². The summed E-state index contributed by atoms with van der Waals surface area (Å²) in [6.07, 6.45) is 1.80. The van der Waals surface area contributed by atoms with Crippen LogP contribution in [0, 0.1) is 5.92 Å². The van der Waals surface area contributed by atoms with Gasteiger partial charge in [0.2, 0.25) is 5.91 Å². The van der Waals surface area contributed by atoms with Crippen molar-refractivity contribution in [1.29, 1.82) is 0 Å². The van der Waals surface area contributed by atoms with Crippen LogP contribution in [-0.4, -0.2) is 42.1 Å². The van der Waals surface area contributed by atoms with Crippen LogP contribution in [0.1, 0.15) is 28.8 Å². The first-order chi connectivity index (χ1) is 9.58. The van der Waals surface area contributed by atoms with Gasteiger partial charge in [-0.05, 0) is 30.5 Å². The highest BCUT2D eigenvalue weighted by Crippen LogP contribution is 2.17. The Morgan fingerprint density at radius 1 is 1.35 bits per heavy atom. The van der Waals surface area contributed by atoms with E-state index in [0.717, 1.165) is 25.0 Å². The predicted octanol–water partition coefficient (Wildman–Crippen LogP) is 1.77. The maximum Gasteiger partial charge on any atom is 0.335 e. The molecule has 1 aliphatic rings. The van der Waals surface area contributed by atoms with Crippen molar-refractivity contribution < 1.29 is 19.4 Å². The molecule has 0 aliphatic carbocycles. The van der Waals surface area contributed by atoms with Gasteiger partial charge in [0, 0.05) is 20.2 Å². The van der Waals surface area contributed by atoms with Gasteiger partial charge in [-0.15, -0.1) is 0 Å². The van der Waals surface area contributed by atoms with Crippen LogP contribution in [0.4, 0.5) is 0 Å². The van der Waals surface area contributed by atoms with Gasteiger partial charge >= 0.3 is 5.97 Å². The van der Waals surface area contributed by atoms with Gasteiger partial charge in [-0.25, -0.2) is 4.79 Å². The van der Waals surface area contributed by atoms with E-state index in [0.29, 0.717) is 13.2 Å². The fraction of sp³-hybridized carbons (Fsp3) is 0.467. The smallest absolute Gasteiger partial charge is 0.335 e. The molecule has 108 valence electrons. The molecule has 1 aromatic carbocycles. The standard InChI is InChI=1S/C15H19NO4/c1-16(14(17)13-3-2-8-20-10-13)9-11-4-6-12(7-5-11)15(18)19/h4-7,13H,2-3,8-10H2,1H3,(H,18,19)/t13-/m1/s1. The SMILES string of the molecule is CN(Cc1ccc(C(=O)O)cc1)C(=O)[C@@H]1CCCOC1. The summed E-state index contributed by atoms with van der Waals surface area (Å²) < 4.78 is 5.33. The number of nitrogens with zero attached hydrogens (tertiary/aromatic N) is 1. The number of ether oxygens (including phenoxy) is 1. The van der Waals surface area contributed by atoms with E-state index in [9.17, 15) is 9.59 Å². The predicted molar refractivity (Wildman–Crippen MR) is 73.4 cm³/mol. The molecule has 1 saturated heterocycles. The van der Waals surface area contributed by atoms with Gasteiger partial charge in [-0.1, -0.05) is 12.1 Å². The average molecular weight is 277 g/mol. The minimum Gasteiger partial charge on any atom is -0.478 e. The fourth-order valence-electron chi connectivity index (χ4n) is 2.35. The summed E-state index contributed by atoms with van der Waals surface area (Å²) in [6.45, 7) is 1.72. The molecule has 20 heavy (non-hydrogen) atoms. The van der Waals surface area contributed by atoms with Gasteiger partial charge in [0.05, 0.1) is 18.1 Å². The van der Waals surface area contributed by atoms with Crippen LogP contribution in [0.3, 0.4) is 0 Å². The van der Waals surface area contributed by atoms with Crippen molar-refractivity contribution in [2.45, 2.75) is 19.4 Å². The second kappa shape index (κ2) is 6.52. The molecule has 0 spiro atoms. The molecule has 1 aromatic rings. The second-order valence-electron chi connectivity index (χ2n) is 5.11. The molecule has 0 unspecified atom stereocenters. The molecule has 1 aliphatic heterocycles. The molecular weight excluding hydrogens is 258 g/mol. The molecule has 1 N–H and O–H groups in total. The zero-order chi connectivity index (χ0) is 14.5. The molecule has 1 amide bonds. The number of hydrogen-bond acceptors (Lipinski definition) is 3. The van der Waals surface area contributed by atoms with E-state index in [4.69, 9.17) is 9.84 Å². The first-order valence-corrected chi connectivity index (χ1v) is 6.73. The maximum atomic E-state index is 12.2. The molecule has 0 radical (unpaired) electrons. The number of amides is 1. The van der Waals surface area contributed by atoms with Crippen LogP contribution in [0.2, 0.25) is 0 Å². The van der Waals surface area contributed by atoms with Crippen LogP contribution < -0.4 is 0 Å². The Balaban J connectivity index is 1.94. The number of hydrogen-bond donors (Lipinski definition) is 1. The van der Waals surface area contributed by atoms with Crippen LogP contribution in [0.5, 0.6) is 0 Å². The normalized spacial score (nSPS) is 18.6. The van der Waals surface area contributed by atoms with Crippen LogP contribution in [-0.2, 0) is 16.1 Å². The molecule has 0 aromatic heterocycles. The van der Waals surface area contributed by atoms with E-state index >= 15 is 0 Å². The number of carbonyl (C=O) groups is 2. The third kappa shape index (κ3) is 3.57. The van der Waals surface area contributed by atoms with Crippen LogP contribution in [0.25, 0.3) is 0 Å². The maximum absolute atomic E-state index is 12.2. The zero-order valence-corrected chi connectivity index (χ0v) is 11.5. The Labute approximate surface area is 118 Å². The largest absolute Gasteiger partial charge is 0.478 e. The molecule has 5 heteroatoms. The Hall–Kier alpha value is -1.88. The van der Waals surface area contributed by atoms with Crippen molar-refractivity contribution in [3.05, 3.63) is 35.4 Å². The lowest BCUT2D eigenvalue weighted by Crippen LogP contribution is -2.36. The second-order valence-corrected chi connectivity index (χ2v) is 5.11. The summed E-state index contributed by atoms with van der Waals surface area (Å²) in [5, 5.41) is 8.84. The Morgan fingerprint density at radius 2 is 2.05 bits per heavy atom. The van der Waals surface area contributed by atoms with Crippen molar-refractivity contribution in [2.75, 3.05) is 20.3 Å². The highest BCUT2D eigenvalue weighted by Gasteiger charge is 2.24. The van der Waals surface area contributed by atoms with Crippen LogP contribution >= 0.6 is 0 Å². The van der Waals surface area contributed by atoms with Crippen molar-refractivity contribution in [3.63, 3.8) is 0 Å². The van der Waals surface area contributed by atoms with Crippen LogP contribution in [0.15, 0.2) is 24.3 Å². The van der Waals surface area contributed by atoms with Gasteiger partial charge < -0.3 is 14.7 Å². The number of benzene rings is 1. The molecule has 5 nitrogen and oxygen atoms in total. The summed E-state index contributed by atoms with van der Waals surface area (Å²) in [4.78, 5) is 24.7. The van der Waals surface area contributed by atoms with Crippen molar-refractivity contribution in [2.24, 2.45) is 5.92 Å². The number of rotatable bonds is 4. The number of carbonyl (C=O) groups excluding carboxylic acids is 1. The van der Waals surface area contributed by atoms with Crippen molar-refractivity contribution >= 4 is 11.9 Å². The highest BCUT2D eigenvalue weighted by atomic mass is 16.5. The molecular formula is C15H19NO4. The Morgan fingerprint density at radius 3 is 2.60 bits per heavy atom. The third-order valence-electron chi connectivity index (χ3n) is 3.51. The van der Waals surface area contributed by atoms with Gasteiger partial charge in [0.1, 0.15) is 0 Å². The molecule has 1 fully saturated rings. The van der Waals surface area contributed by atoms with E-state index in [1.807, 2.05) is 0 Å². The summed E-state index contributed by atoms with van der Waals surface area (Å²) in [7, 11) is 1.77. The quantitative estimate of drug-likeness (QED) is 0.910. The van der Waals surface area contributed by atoms with E-state index in [1.165, 1.54) is 0 Å². The van der Waals surface area contributed by atoms with Gasteiger partial charge in [0.25, 0.3) is 0 Å². The Bertz CT molecular complexity index is 477. The highest BCUT2D eigenvalue weighted by molar-refractivity contribution is 5.87. The zero-order valence-electron chi connectivity index (χ0n) is 11.5. The minimum absolute atomic E-state index is 0.0490. The lowest BCUT2D eigenvalue weighted by Gasteiger charge is -2.26. The van der Waals surface area contributed by atoms with Gasteiger partial charge in [0.15, 0.2) is 0 Å². The number of carboxylic acid groups (broad SMARTS) is 1. The topological polar surface area (TPSA) is 66.8 Å². The molecule has 1 atom stereocenters. The average Bonchev–Trinajstić information content (AvgIpc) is 2.48. The minimum atomic E-state index is -0.944.